The number of anilines is 2. The van der Waals surface area contributed by atoms with Crippen LogP contribution < -0.4 is 9.62 Å². The summed E-state index contributed by atoms with van der Waals surface area (Å²) in [5, 5.41) is 15.4. The third-order valence-electron chi connectivity index (χ3n) is 3.71. The monoisotopic (exact) mass is 322 g/mol. The van der Waals surface area contributed by atoms with Crippen LogP contribution in [0.5, 0.6) is 0 Å². The van der Waals surface area contributed by atoms with Crippen LogP contribution in [0, 0.1) is 0 Å². The van der Waals surface area contributed by atoms with Crippen molar-refractivity contribution in [1.82, 2.24) is 20.6 Å². The molecule has 0 fully saturated rings. The van der Waals surface area contributed by atoms with E-state index in [1.807, 2.05) is 0 Å². The molecule has 1 amide bonds. The molecular weight excluding hydrogens is 308 g/mol. The summed E-state index contributed by atoms with van der Waals surface area (Å²) < 4.78 is 25.2. The van der Waals surface area contributed by atoms with Gasteiger partial charge in [-0.1, -0.05) is 23.3 Å². The minimum Gasteiger partial charge on any atom is -0.293 e. The molecule has 0 spiro atoms. The molecule has 2 N–H and O–H groups in total. The Morgan fingerprint density at radius 3 is 2.77 bits per heavy atom. The quantitative estimate of drug-likeness (QED) is 0.812. The van der Waals surface area contributed by atoms with Gasteiger partial charge in [-0.05, 0) is 29.0 Å². The van der Waals surface area contributed by atoms with Crippen LogP contribution in [0.3, 0.4) is 0 Å². The number of nitrogens with one attached hydrogen (secondary N) is 2. The van der Waals surface area contributed by atoms with Gasteiger partial charge in [0.05, 0.1) is 23.9 Å². The third kappa shape index (κ3) is 2.21. The van der Waals surface area contributed by atoms with Gasteiger partial charge in [0.15, 0.2) is 0 Å². The molecule has 0 saturated carbocycles. The molecule has 1 aliphatic heterocycles. The number of rotatable bonds is 3. The minimum atomic E-state index is -3.48. The van der Waals surface area contributed by atoms with E-state index in [4.69, 9.17) is 0 Å². The Hall–Kier alpha value is -2.49. The minimum absolute atomic E-state index is 0.0264. The fourth-order valence-electron chi connectivity index (χ4n) is 2.56. The van der Waals surface area contributed by atoms with Crippen molar-refractivity contribution in [3.63, 3.8) is 0 Å². The fraction of sp³-hybridized carbons (Fsp3) is 0.333. The zero-order chi connectivity index (χ0) is 16.0. The molecular formula is C12H14N6O3S. The number of fused-ring (bicyclic) bond motifs is 1. The van der Waals surface area contributed by atoms with E-state index in [1.165, 1.54) is 4.31 Å². The maximum atomic E-state index is 12.6. The van der Waals surface area contributed by atoms with Gasteiger partial charge in [-0.25, -0.2) is 13.5 Å². The maximum absolute atomic E-state index is 12.6. The number of benzene rings is 1. The Balaban J connectivity index is 2.02. The summed E-state index contributed by atoms with van der Waals surface area (Å²) in [7, 11) is -3.48. The van der Waals surface area contributed by atoms with Gasteiger partial charge in [-0.2, -0.15) is 0 Å². The number of hydrogen-bond donors (Lipinski definition) is 2. The Morgan fingerprint density at radius 1 is 1.41 bits per heavy atom. The lowest BCUT2D eigenvalue weighted by Gasteiger charge is -2.23. The van der Waals surface area contributed by atoms with E-state index in [-0.39, 0.29) is 18.4 Å². The molecule has 0 bridgehead atoms. The average molecular weight is 322 g/mol. The molecule has 116 valence electrons. The van der Waals surface area contributed by atoms with E-state index < -0.39 is 15.4 Å². The van der Waals surface area contributed by atoms with E-state index in [0.717, 1.165) is 6.26 Å². The molecule has 2 aromatic rings. The van der Waals surface area contributed by atoms with Gasteiger partial charge in [0.2, 0.25) is 21.9 Å². The van der Waals surface area contributed by atoms with Crippen LogP contribution in [0.2, 0.25) is 0 Å². The van der Waals surface area contributed by atoms with Gasteiger partial charge < -0.3 is 0 Å². The van der Waals surface area contributed by atoms with Crippen LogP contribution in [0.4, 0.5) is 11.6 Å². The normalized spacial score (nSPS) is 20.7. The molecule has 0 aliphatic carbocycles. The van der Waals surface area contributed by atoms with Gasteiger partial charge in [0.1, 0.15) is 0 Å². The van der Waals surface area contributed by atoms with Gasteiger partial charge in [0, 0.05) is 0 Å². The molecule has 1 atom stereocenters. The molecule has 10 heteroatoms. The van der Waals surface area contributed by atoms with E-state index in [9.17, 15) is 13.2 Å². The molecule has 3 rings (SSSR count). The SMILES string of the molecule is CC1(C(=O)Nc2nnn[nH]2)CN(S(C)(=O)=O)c2ccccc21. The zero-order valence-corrected chi connectivity index (χ0v) is 12.8. The Kier molecular flexibility index (Phi) is 3.13. The fourth-order valence-corrected chi connectivity index (χ4v) is 3.57. The van der Waals surface area contributed by atoms with E-state index in [2.05, 4.69) is 25.9 Å². The van der Waals surface area contributed by atoms with Crippen LogP contribution in [0.15, 0.2) is 24.3 Å². The van der Waals surface area contributed by atoms with Crippen LogP contribution in [0.25, 0.3) is 0 Å². The smallest absolute Gasteiger partial charge is 0.246 e. The lowest BCUT2D eigenvalue weighted by atomic mass is 9.83. The van der Waals surface area contributed by atoms with Gasteiger partial charge >= 0.3 is 0 Å². The highest BCUT2D eigenvalue weighted by molar-refractivity contribution is 7.92. The number of hydrogen-bond acceptors (Lipinski definition) is 6. The average Bonchev–Trinajstić information content (AvgIpc) is 3.06. The summed E-state index contributed by atoms with van der Waals surface area (Å²) in [6.45, 7) is 1.72. The molecule has 1 aliphatic rings. The van der Waals surface area contributed by atoms with Crippen molar-refractivity contribution in [2.75, 3.05) is 22.4 Å². The Morgan fingerprint density at radius 2 is 2.14 bits per heavy atom. The van der Waals surface area contributed by atoms with E-state index in [1.54, 1.807) is 31.2 Å². The molecule has 22 heavy (non-hydrogen) atoms. The number of aromatic amines is 1. The summed E-state index contributed by atoms with van der Waals surface area (Å²) in [6.07, 6.45) is 1.12. The highest BCUT2D eigenvalue weighted by Crippen LogP contribution is 2.42. The lowest BCUT2D eigenvalue weighted by molar-refractivity contribution is -0.120. The van der Waals surface area contributed by atoms with Gasteiger partial charge in [-0.3, -0.25) is 14.4 Å². The topological polar surface area (TPSA) is 121 Å². The van der Waals surface area contributed by atoms with Crippen molar-refractivity contribution < 1.29 is 13.2 Å². The van der Waals surface area contributed by atoms with Crippen molar-refractivity contribution in [2.24, 2.45) is 0 Å². The lowest BCUT2D eigenvalue weighted by Crippen LogP contribution is -2.43. The molecule has 9 nitrogen and oxygen atoms in total. The van der Waals surface area contributed by atoms with Crippen LogP contribution >= 0.6 is 0 Å². The summed E-state index contributed by atoms with van der Waals surface area (Å²) in [6, 6.07) is 6.94. The largest absolute Gasteiger partial charge is 0.293 e. The standard InChI is InChI=1S/C12H14N6O3S/c1-12(10(19)13-11-14-16-17-15-11)7-18(22(2,20)21)9-6-4-3-5-8(9)12/h3-6H,7H2,1-2H3,(H2,13,14,15,16,17,19). The zero-order valence-electron chi connectivity index (χ0n) is 11.9. The third-order valence-corrected chi connectivity index (χ3v) is 4.83. The van der Waals surface area contributed by atoms with Crippen molar-refractivity contribution in [3.8, 4) is 0 Å². The van der Waals surface area contributed by atoms with Crippen molar-refractivity contribution >= 4 is 27.6 Å². The number of para-hydroxylation sites is 1. The molecule has 1 unspecified atom stereocenters. The molecule has 1 aromatic heterocycles. The molecule has 1 aromatic carbocycles. The Bertz CT molecular complexity index is 819. The number of carbonyl (C=O) groups excluding carboxylic acids is 1. The first-order chi connectivity index (χ1) is 10.3. The predicted octanol–water partition coefficient (Wildman–Crippen LogP) is -0.124. The number of nitrogens with zero attached hydrogens (tertiary/aromatic N) is 4. The number of carbonyl (C=O) groups is 1. The number of aromatic nitrogens is 4. The second-order valence-electron chi connectivity index (χ2n) is 5.32. The van der Waals surface area contributed by atoms with Crippen molar-refractivity contribution in [1.29, 1.82) is 0 Å². The molecule has 2 heterocycles. The first-order valence-electron chi connectivity index (χ1n) is 6.45. The van der Waals surface area contributed by atoms with Crippen LogP contribution in [-0.4, -0.2) is 47.7 Å². The molecule has 0 radical (unpaired) electrons. The van der Waals surface area contributed by atoms with Gasteiger partial charge in [-0.15, -0.1) is 0 Å². The summed E-state index contributed by atoms with van der Waals surface area (Å²) in [4.78, 5) is 12.6. The first kappa shape index (κ1) is 14.4. The summed E-state index contributed by atoms with van der Waals surface area (Å²) in [5.74, 6) is -0.272. The number of sulfonamides is 1. The number of amides is 1. The predicted molar refractivity (Wildman–Crippen MR) is 78.8 cm³/mol. The first-order valence-corrected chi connectivity index (χ1v) is 8.29. The number of H-pyrrole nitrogens is 1. The molecule has 0 saturated heterocycles. The van der Waals surface area contributed by atoms with Crippen molar-refractivity contribution in [2.45, 2.75) is 12.3 Å². The van der Waals surface area contributed by atoms with E-state index in [0.29, 0.717) is 11.3 Å². The van der Waals surface area contributed by atoms with Crippen molar-refractivity contribution in [3.05, 3.63) is 29.8 Å². The second kappa shape index (κ2) is 4.77. The highest BCUT2D eigenvalue weighted by atomic mass is 32.2. The van der Waals surface area contributed by atoms with Crippen LogP contribution in [-0.2, 0) is 20.2 Å². The van der Waals surface area contributed by atoms with Gasteiger partial charge in [0.25, 0.3) is 0 Å². The van der Waals surface area contributed by atoms with Crippen LogP contribution in [0.1, 0.15) is 12.5 Å². The Labute approximate surface area is 126 Å². The summed E-state index contributed by atoms with van der Waals surface area (Å²) in [5.41, 5.74) is 0.121. The second-order valence-corrected chi connectivity index (χ2v) is 7.23. The summed E-state index contributed by atoms with van der Waals surface area (Å²) >= 11 is 0. The maximum Gasteiger partial charge on any atom is 0.246 e. The highest BCUT2D eigenvalue weighted by Gasteiger charge is 2.47. The van der Waals surface area contributed by atoms with E-state index >= 15 is 0 Å². The number of tetrazole rings is 1.